The van der Waals surface area contributed by atoms with Crippen LogP contribution in [-0.2, 0) is 6.42 Å². The van der Waals surface area contributed by atoms with Crippen LogP contribution in [-0.4, -0.2) is 15.6 Å². The van der Waals surface area contributed by atoms with E-state index in [4.69, 9.17) is 0 Å². The highest BCUT2D eigenvalue weighted by Gasteiger charge is 2.22. The molecule has 1 aromatic carbocycles. The molecule has 0 amide bonds. The van der Waals surface area contributed by atoms with Crippen LogP contribution in [0.5, 0.6) is 0 Å². The Morgan fingerprint density at radius 1 is 1.18 bits per heavy atom. The van der Waals surface area contributed by atoms with Crippen molar-refractivity contribution in [2.24, 2.45) is 0 Å². The van der Waals surface area contributed by atoms with E-state index in [1.807, 2.05) is 28.9 Å². The average molecular weight is 291 g/mol. The summed E-state index contributed by atoms with van der Waals surface area (Å²) in [7, 11) is 0. The molecule has 1 aliphatic carbocycles. The zero-order valence-electron chi connectivity index (χ0n) is 9.19. The predicted octanol–water partition coefficient (Wildman–Crippen LogP) is 3.15. The van der Waals surface area contributed by atoms with Crippen molar-refractivity contribution < 1.29 is 4.79 Å². The topological polar surface area (TPSA) is 34.9 Å². The molecule has 0 fully saturated rings. The Kier molecular flexibility index (Phi) is 2.59. The maximum absolute atomic E-state index is 11.7. The van der Waals surface area contributed by atoms with Gasteiger partial charge in [0.2, 0.25) is 0 Å². The molecule has 0 bridgehead atoms. The second kappa shape index (κ2) is 4.11. The second-order valence-corrected chi connectivity index (χ2v) is 5.09. The van der Waals surface area contributed by atoms with Gasteiger partial charge in [-0.1, -0.05) is 15.9 Å². The second-order valence-electron chi connectivity index (χ2n) is 4.17. The van der Waals surface area contributed by atoms with Gasteiger partial charge in [0.15, 0.2) is 5.78 Å². The number of fused-ring (bicyclic) bond motifs is 1. The maximum atomic E-state index is 11.7. The van der Waals surface area contributed by atoms with E-state index in [1.165, 1.54) is 0 Å². The summed E-state index contributed by atoms with van der Waals surface area (Å²) >= 11 is 3.41. The van der Waals surface area contributed by atoms with Gasteiger partial charge >= 0.3 is 0 Å². The van der Waals surface area contributed by atoms with Gasteiger partial charge in [-0.3, -0.25) is 4.79 Å². The third-order valence-electron chi connectivity index (χ3n) is 3.06. The Bertz CT molecular complexity index is 572. The molecule has 0 unspecified atom stereocenters. The largest absolute Gasteiger partial charge is 0.294 e. The molecule has 0 saturated heterocycles. The van der Waals surface area contributed by atoms with Gasteiger partial charge in [-0.05, 0) is 37.1 Å². The van der Waals surface area contributed by atoms with Crippen LogP contribution in [0, 0.1) is 0 Å². The molecule has 17 heavy (non-hydrogen) atoms. The van der Waals surface area contributed by atoms with Crippen molar-refractivity contribution in [2.75, 3.05) is 0 Å². The lowest BCUT2D eigenvalue weighted by Gasteiger charge is -2.13. The zero-order chi connectivity index (χ0) is 11.8. The summed E-state index contributed by atoms with van der Waals surface area (Å²) in [5.74, 6) is 0.217. The Balaban J connectivity index is 2.10. The molecule has 86 valence electrons. The number of carbonyl (C=O) groups excluding carboxylic acids is 1. The lowest BCUT2D eigenvalue weighted by Crippen LogP contribution is -2.12. The summed E-state index contributed by atoms with van der Waals surface area (Å²) in [5.41, 5.74) is 2.84. The molecule has 3 rings (SSSR count). The van der Waals surface area contributed by atoms with Gasteiger partial charge < -0.3 is 0 Å². The van der Waals surface area contributed by atoms with E-state index < -0.39 is 0 Å². The number of Topliss-reactive ketones (excluding diaryl/α,β-unsaturated/α-hetero) is 1. The first-order valence-electron chi connectivity index (χ1n) is 5.62. The first kappa shape index (κ1) is 10.7. The van der Waals surface area contributed by atoms with E-state index in [1.54, 1.807) is 6.20 Å². The van der Waals surface area contributed by atoms with Crippen LogP contribution in [0.4, 0.5) is 0 Å². The summed E-state index contributed by atoms with van der Waals surface area (Å²) in [6, 6.07) is 7.95. The first-order chi connectivity index (χ1) is 8.25. The number of aromatic nitrogens is 2. The number of ketones is 1. The molecule has 2 aromatic rings. The van der Waals surface area contributed by atoms with Gasteiger partial charge in [-0.25, -0.2) is 4.68 Å². The number of halogens is 1. The van der Waals surface area contributed by atoms with E-state index in [0.717, 1.165) is 34.3 Å². The van der Waals surface area contributed by atoms with E-state index in [2.05, 4.69) is 21.0 Å². The molecule has 1 aromatic heterocycles. The summed E-state index contributed by atoms with van der Waals surface area (Å²) in [5, 5.41) is 4.33. The van der Waals surface area contributed by atoms with Crippen LogP contribution in [0.25, 0.3) is 5.69 Å². The molecule has 0 atom stereocenters. The van der Waals surface area contributed by atoms with E-state index >= 15 is 0 Å². The highest BCUT2D eigenvalue weighted by Crippen LogP contribution is 2.24. The Morgan fingerprint density at radius 2 is 1.94 bits per heavy atom. The third kappa shape index (κ3) is 1.82. The lowest BCUT2D eigenvalue weighted by atomic mass is 9.97. The first-order valence-corrected chi connectivity index (χ1v) is 6.41. The number of benzene rings is 1. The summed E-state index contributed by atoms with van der Waals surface area (Å²) in [6.45, 7) is 0. The highest BCUT2D eigenvalue weighted by atomic mass is 79.9. The van der Waals surface area contributed by atoms with Crippen LogP contribution >= 0.6 is 15.9 Å². The SMILES string of the molecule is O=C1CCCc2c1cnn2-c1ccc(Br)cc1. The van der Waals surface area contributed by atoms with Crippen LogP contribution < -0.4 is 0 Å². The monoisotopic (exact) mass is 290 g/mol. The molecule has 1 heterocycles. The smallest absolute Gasteiger partial charge is 0.166 e. The fourth-order valence-electron chi connectivity index (χ4n) is 2.20. The van der Waals surface area contributed by atoms with Gasteiger partial charge in [0.1, 0.15) is 0 Å². The fraction of sp³-hybridized carbons (Fsp3) is 0.231. The maximum Gasteiger partial charge on any atom is 0.166 e. The molecular weight excluding hydrogens is 280 g/mol. The van der Waals surface area contributed by atoms with Gasteiger partial charge in [-0.2, -0.15) is 5.10 Å². The predicted molar refractivity (Wildman–Crippen MR) is 68.5 cm³/mol. The molecule has 0 N–H and O–H groups in total. The van der Waals surface area contributed by atoms with E-state index in [0.29, 0.717) is 6.42 Å². The normalized spacial score (nSPS) is 14.8. The molecule has 0 spiro atoms. The minimum atomic E-state index is 0.217. The number of hydrogen-bond donors (Lipinski definition) is 0. The Morgan fingerprint density at radius 3 is 2.71 bits per heavy atom. The summed E-state index contributed by atoms with van der Waals surface area (Å²) in [6.07, 6.45) is 4.20. The number of nitrogens with zero attached hydrogens (tertiary/aromatic N) is 2. The fourth-order valence-corrected chi connectivity index (χ4v) is 2.47. The van der Waals surface area contributed by atoms with Crippen molar-refractivity contribution in [3.05, 3.63) is 46.2 Å². The average Bonchev–Trinajstić information content (AvgIpc) is 2.75. The van der Waals surface area contributed by atoms with Crippen LogP contribution in [0.15, 0.2) is 34.9 Å². The number of carbonyl (C=O) groups is 1. The summed E-state index contributed by atoms with van der Waals surface area (Å²) in [4.78, 5) is 11.7. The van der Waals surface area contributed by atoms with Gasteiger partial charge in [0.05, 0.1) is 23.1 Å². The molecule has 0 saturated carbocycles. The van der Waals surface area contributed by atoms with Crippen molar-refractivity contribution >= 4 is 21.7 Å². The van der Waals surface area contributed by atoms with Crippen molar-refractivity contribution in [3.8, 4) is 5.69 Å². The van der Waals surface area contributed by atoms with Gasteiger partial charge in [-0.15, -0.1) is 0 Å². The van der Waals surface area contributed by atoms with Crippen molar-refractivity contribution in [2.45, 2.75) is 19.3 Å². The molecule has 1 aliphatic rings. The van der Waals surface area contributed by atoms with Crippen molar-refractivity contribution in [1.29, 1.82) is 0 Å². The number of rotatable bonds is 1. The third-order valence-corrected chi connectivity index (χ3v) is 3.59. The van der Waals surface area contributed by atoms with E-state index in [9.17, 15) is 4.79 Å². The van der Waals surface area contributed by atoms with Crippen LogP contribution in [0.2, 0.25) is 0 Å². The molecule has 4 heteroatoms. The molecular formula is C13H11BrN2O. The van der Waals surface area contributed by atoms with E-state index in [-0.39, 0.29) is 5.78 Å². The molecule has 3 nitrogen and oxygen atoms in total. The van der Waals surface area contributed by atoms with Gasteiger partial charge in [0.25, 0.3) is 0 Å². The Labute approximate surface area is 108 Å². The minimum Gasteiger partial charge on any atom is -0.294 e. The lowest BCUT2D eigenvalue weighted by molar-refractivity contribution is 0.0972. The molecule has 0 aliphatic heterocycles. The zero-order valence-corrected chi connectivity index (χ0v) is 10.8. The van der Waals surface area contributed by atoms with Gasteiger partial charge in [0, 0.05) is 10.9 Å². The highest BCUT2D eigenvalue weighted by molar-refractivity contribution is 9.10. The standard InChI is InChI=1S/C13H11BrN2O/c14-9-4-6-10(7-5-9)16-12-2-1-3-13(17)11(12)8-15-16/h4-8H,1-3H2. The van der Waals surface area contributed by atoms with Crippen molar-refractivity contribution in [1.82, 2.24) is 9.78 Å². The summed E-state index contributed by atoms with van der Waals surface area (Å²) < 4.78 is 2.91. The quantitative estimate of drug-likeness (QED) is 0.809. The van der Waals surface area contributed by atoms with Crippen LogP contribution in [0.3, 0.4) is 0 Å². The molecule has 0 radical (unpaired) electrons. The Hall–Kier alpha value is -1.42. The minimum absolute atomic E-state index is 0.217. The van der Waals surface area contributed by atoms with Crippen molar-refractivity contribution in [3.63, 3.8) is 0 Å². The van der Waals surface area contributed by atoms with Crippen LogP contribution in [0.1, 0.15) is 28.9 Å². The number of hydrogen-bond acceptors (Lipinski definition) is 2.